The average Bonchev–Trinajstić information content (AvgIpc) is 2.85. The average molecular weight is 207 g/mol. The molecule has 2 heterocycles. The number of thiophene rings is 1. The first-order valence-electron chi connectivity index (χ1n) is 4.60. The largest absolute Gasteiger partial charge is 0.333 e. The lowest BCUT2D eigenvalue weighted by Crippen LogP contribution is -2.07. The standard InChI is InChI=1S/C10H13N3S/c11-5-10-6-12-8-13(10)3-1-9-2-4-14-7-9/h2,4,6-8H,1,3,5,11H2. The zero-order valence-electron chi connectivity index (χ0n) is 7.89. The van der Waals surface area contributed by atoms with E-state index in [1.165, 1.54) is 5.56 Å². The molecule has 0 spiro atoms. The molecule has 2 aromatic heterocycles. The van der Waals surface area contributed by atoms with Crippen LogP contribution in [0.2, 0.25) is 0 Å². The van der Waals surface area contributed by atoms with Crippen molar-refractivity contribution in [1.82, 2.24) is 9.55 Å². The van der Waals surface area contributed by atoms with Crippen molar-refractivity contribution in [2.75, 3.05) is 0 Å². The summed E-state index contributed by atoms with van der Waals surface area (Å²) in [5, 5.41) is 4.28. The second-order valence-electron chi connectivity index (χ2n) is 3.16. The number of nitrogens with two attached hydrogens (primary N) is 1. The van der Waals surface area contributed by atoms with Crippen LogP contribution in [-0.2, 0) is 19.5 Å². The van der Waals surface area contributed by atoms with Crippen LogP contribution in [0.5, 0.6) is 0 Å². The maximum absolute atomic E-state index is 5.59. The predicted octanol–water partition coefficient (Wildman–Crippen LogP) is 1.65. The van der Waals surface area contributed by atoms with Gasteiger partial charge in [-0.05, 0) is 28.8 Å². The summed E-state index contributed by atoms with van der Waals surface area (Å²) >= 11 is 1.74. The fourth-order valence-electron chi connectivity index (χ4n) is 1.40. The molecule has 0 aliphatic rings. The Kier molecular flexibility index (Phi) is 2.96. The first-order chi connectivity index (χ1) is 6.90. The number of nitrogens with zero attached hydrogens (tertiary/aromatic N) is 2. The molecule has 2 aromatic rings. The molecule has 0 aromatic carbocycles. The van der Waals surface area contributed by atoms with Gasteiger partial charge in [0, 0.05) is 19.3 Å². The Balaban J connectivity index is 1.98. The molecule has 4 heteroatoms. The summed E-state index contributed by atoms with van der Waals surface area (Å²) < 4.78 is 2.11. The fourth-order valence-corrected chi connectivity index (χ4v) is 2.11. The number of hydrogen-bond acceptors (Lipinski definition) is 3. The van der Waals surface area contributed by atoms with Crippen LogP contribution >= 0.6 is 11.3 Å². The summed E-state index contributed by atoms with van der Waals surface area (Å²) in [7, 11) is 0. The lowest BCUT2D eigenvalue weighted by molar-refractivity contribution is 0.661. The van der Waals surface area contributed by atoms with Gasteiger partial charge in [0.15, 0.2) is 0 Å². The van der Waals surface area contributed by atoms with E-state index in [4.69, 9.17) is 5.73 Å². The van der Waals surface area contributed by atoms with Gasteiger partial charge in [-0.2, -0.15) is 11.3 Å². The van der Waals surface area contributed by atoms with Crippen molar-refractivity contribution in [2.45, 2.75) is 19.5 Å². The first-order valence-corrected chi connectivity index (χ1v) is 5.54. The summed E-state index contributed by atoms with van der Waals surface area (Å²) in [6.07, 6.45) is 4.72. The molecule has 0 bridgehead atoms. The molecule has 0 saturated heterocycles. The number of imidazole rings is 1. The maximum atomic E-state index is 5.59. The molecule has 0 aliphatic carbocycles. The van der Waals surface area contributed by atoms with Gasteiger partial charge >= 0.3 is 0 Å². The third-order valence-electron chi connectivity index (χ3n) is 2.23. The molecule has 14 heavy (non-hydrogen) atoms. The van der Waals surface area contributed by atoms with E-state index in [0.29, 0.717) is 6.54 Å². The lowest BCUT2D eigenvalue weighted by atomic mass is 10.2. The molecule has 0 saturated carbocycles. The van der Waals surface area contributed by atoms with Crippen LogP contribution in [0.25, 0.3) is 0 Å². The summed E-state index contributed by atoms with van der Waals surface area (Å²) in [4.78, 5) is 4.08. The molecule has 0 fully saturated rings. The van der Waals surface area contributed by atoms with Crippen molar-refractivity contribution in [3.63, 3.8) is 0 Å². The van der Waals surface area contributed by atoms with E-state index < -0.39 is 0 Å². The van der Waals surface area contributed by atoms with Gasteiger partial charge in [0.1, 0.15) is 0 Å². The summed E-state index contributed by atoms with van der Waals surface area (Å²) in [5.74, 6) is 0. The second-order valence-corrected chi connectivity index (χ2v) is 3.94. The highest BCUT2D eigenvalue weighted by molar-refractivity contribution is 7.07. The van der Waals surface area contributed by atoms with E-state index in [0.717, 1.165) is 18.7 Å². The predicted molar refractivity (Wildman–Crippen MR) is 58.1 cm³/mol. The SMILES string of the molecule is NCc1cncn1CCc1ccsc1. The number of hydrogen-bond donors (Lipinski definition) is 1. The minimum atomic E-state index is 0.559. The van der Waals surface area contributed by atoms with Crippen molar-refractivity contribution >= 4 is 11.3 Å². The monoisotopic (exact) mass is 207 g/mol. The first kappa shape index (κ1) is 9.43. The highest BCUT2D eigenvalue weighted by Gasteiger charge is 2.00. The number of rotatable bonds is 4. The third-order valence-corrected chi connectivity index (χ3v) is 2.96. The number of aryl methyl sites for hydroxylation is 2. The lowest BCUT2D eigenvalue weighted by Gasteiger charge is -2.04. The van der Waals surface area contributed by atoms with Crippen LogP contribution in [0.1, 0.15) is 11.3 Å². The Morgan fingerprint density at radius 3 is 3.14 bits per heavy atom. The molecule has 2 rings (SSSR count). The Hall–Kier alpha value is -1.13. The topological polar surface area (TPSA) is 43.8 Å². The van der Waals surface area contributed by atoms with Gasteiger partial charge in [-0.15, -0.1) is 0 Å². The molecule has 0 aliphatic heterocycles. The third kappa shape index (κ3) is 2.02. The number of aromatic nitrogens is 2. The molecule has 74 valence electrons. The minimum Gasteiger partial charge on any atom is -0.333 e. The van der Waals surface area contributed by atoms with Crippen molar-refractivity contribution in [3.05, 3.63) is 40.6 Å². The Labute approximate surface area is 87.2 Å². The Bertz CT molecular complexity index is 378. The van der Waals surface area contributed by atoms with E-state index in [2.05, 4.69) is 26.4 Å². The zero-order chi connectivity index (χ0) is 9.80. The van der Waals surface area contributed by atoms with Crippen LogP contribution < -0.4 is 5.73 Å². The molecule has 0 radical (unpaired) electrons. The van der Waals surface area contributed by atoms with E-state index >= 15 is 0 Å². The summed E-state index contributed by atoms with van der Waals surface area (Å²) in [5.41, 5.74) is 8.06. The highest BCUT2D eigenvalue weighted by Crippen LogP contribution is 2.08. The summed E-state index contributed by atoms with van der Waals surface area (Å²) in [6.45, 7) is 1.52. The minimum absolute atomic E-state index is 0.559. The maximum Gasteiger partial charge on any atom is 0.0948 e. The van der Waals surface area contributed by atoms with Gasteiger partial charge in [-0.3, -0.25) is 0 Å². The van der Waals surface area contributed by atoms with Crippen molar-refractivity contribution in [1.29, 1.82) is 0 Å². The Morgan fingerprint density at radius 2 is 2.43 bits per heavy atom. The van der Waals surface area contributed by atoms with Gasteiger partial charge in [0.25, 0.3) is 0 Å². The van der Waals surface area contributed by atoms with Crippen LogP contribution in [0, 0.1) is 0 Å². The molecular weight excluding hydrogens is 194 g/mol. The van der Waals surface area contributed by atoms with Crippen molar-refractivity contribution < 1.29 is 0 Å². The van der Waals surface area contributed by atoms with Gasteiger partial charge in [0.05, 0.1) is 12.0 Å². The molecule has 0 unspecified atom stereocenters. The fraction of sp³-hybridized carbons (Fsp3) is 0.300. The van der Waals surface area contributed by atoms with E-state index in [1.54, 1.807) is 11.3 Å². The van der Waals surface area contributed by atoms with Gasteiger partial charge in [-0.1, -0.05) is 0 Å². The smallest absolute Gasteiger partial charge is 0.0948 e. The zero-order valence-corrected chi connectivity index (χ0v) is 8.70. The van der Waals surface area contributed by atoms with Gasteiger partial charge in [-0.25, -0.2) is 4.98 Å². The van der Waals surface area contributed by atoms with Crippen LogP contribution in [0.15, 0.2) is 29.4 Å². The molecule has 2 N–H and O–H groups in total. The van der Waals surface area contributed by atoms with Crippen LogP contribution in [0.4, 0.5) is 0 Å². The molecular formula is C10H13N3S. The van der Waals surface area contributed by atoms with E-state index in [-0.39, 0.29) is 0 Å². The normalized spacial score (nSPS) is 10.6. The molecule has 0 atom stereocenters. The van der Waals surface area contributed by atoms with E-state index in [1.807, 2.05) is 12.5 Å². The van der Waals surface area contributed by atoms with Crippen LogP contribution in [0.3, 0.4) is 0 Å². The van der Waals surface area contributed by atoms with Crippen molar-refractivity contribution in [3.8, 4) is 0 Å². The molecule has 0 amide bonds. The Morgan fingerprint density at radius 1 is 1.50 bits per heavy atom. The van der Waals surface area contributed by atoms with Crippen molar-refractivity contribution in [2.24, 2.45) is 5.73 Å². The van der Waals surface area contributed by atoms with Gasteiger partial charge < -0.3 is 10.3 Å². The van der Waals surface area contributed by atoms with Gasteiger partial charge in [0.2, 0.25) is 0 Å². The molecule has 3 nitrogen and oxygen atoms in total. The van der Waals surface area contributed by atoms with Crippen LogP contribution in [-0.4, -0.2) is 9.55 Å². The highest BCUT2D eigenvalue weighted by atomic mass is 32.1. The second kappa shape index (κ2) is 4.39. The summed E-state index contributed by atoms with van der Waals surface area (Å²) in [6, 6.07) is 2.16. The quantitative estimate of drug-likeness (QED) is 0.828. The van der Waals surface area contributed by atoms with E-state index in [9.17, 15) is 0 Å².